The molecular weight excluding hydrogens is 427 g/mol. The number of hydrogen-bond donors (Lipinski definition) is 1. The number of alkyl halides is 3. The van der Waals surface area contributed by atoms with Crippen LogP contribution in [0.4, 0.5) is 29.3 Å². The van der Waals surface area contributed by atoms with Crippen LogP contribution in [0.25, 0.3) is 0 Å². The van der Waals surface area contributed by atoms with Gasteiger partial charge in [0.1, 0.15) is 22.8 Å². The second-order valence-corrected chi connectivity index (χ2v) is 7.89. The predicted molar refractivity (Wildman–Crippen MR) is 109 cm³/mol. The van der Waals surface area contributed by atoms with Gasteiger partial charge in [-0.25, -0.2) is 9.69 Å². The second kappa shape index (κ2) is 6.94. The van der Waals surface area contributed by atoms with Crippen LogP contribution in [0, 0.1) is 5.92 Å². The van der Waals surface area contributed by atoms with Gasteiger partial charge < -0.3 is 10.1 Å². The van der Waals surface area contributed by atoms with Gasteiger partial charge in [0, 0.05) is 12.7 Å². The standard InChI is InChI=1S/C21H18F3N5O3/c1-12-11-20(12)18(30)28(13-2-4-15(5-3-13)32-21(22,23)24)19(31)29(20)14-6-7-25-16(10-14)17-26-8-9-27-17/h2-7,10,12H,8-9,11H2,1H3,(H,26,27). The van der Waals surface area contributed by atoms with Gasteiger partial charge >= 0.3 is 12.4 Å². The Labute approximate surface area is 180 Å². The molecule has 2 aliphatic heterocycles. The number of nitrogens with one attached hydrogen (secondary N) is 1. The lowest BCUT2D eigenvalue weighted by Crippen LogP contribution is -2.39. The first-order chi connectivity index (χ1) is 15.2. The minimum atomic E-state index is -4.83. The summed E-state index contributed by atoms with van der Waals surface area (Å²) in [5.74, 6) is -0.292. The predicted octanol–water partition coefficient (Wildman–Crippen LogP) is 3.08. The second-order valence-electron chi connectivity index (χ2n) is 7.89. The van der Waals surface area contributed by atoms with Crippen molar-refractivity contribution in [1.82, 2.24) is 10.3 Å². The zero-order valence-electron chi connectivity index (χ0n) is 16.9. The maximum Gasteiger partial charge on any atom is 0.573 e. The van der Waals surface area contributed by atoms with E-state index in [4.69, 9.17) is 0 Å². The van der Waals surface area contributed by atoms with E-state index in [0.717, 1.165) is 17.0 Å². The Morgan fingerprint density at radius 2 is 1.88 bits per heavy atom. The van der Waals surface area contributed by atoms with Gasteiger partial charge in [0.25, 0.3) is 5.91 Å². The van der Waals surface area contributed by atoms with Crippen molar-refractivity contribution in [2.45, 2.75) is 25.2 Å². The Morgan fingerprint density at radius 3 is 2.47 bits per heavy atom. The van der Waals surface area contributed by atoms with Crippen LogP contribution in [0.3, 0.4) is 0 Å². The number of benzene rings is 1. The number of ether oxygens (including phenoxy) is 1. The van der Waals surface area contributed by atoms with Crippen molar-refractivity contribution in [2.75, 3.05) is 22.9 Å². The highest BCUT2D eigenvalue weighted by Gasteiger charge is 2.70. The number of aliphatic imine (C=N–C) groups is 1. The van der Waals surface area contributed by atoms with E-state index in [1.54, 1.807) is 18.3 Å². The SMILES string of the molecule is CC1CC12C(=O)N(c1ccc(OC(F)(F)F)cc1)C(=O)N2c1ccnc(C2=NCCN2)c1. The number of nitrogens with zero attached hydrogens (tertiary/aromatic N) is 4. The van der Waals surface area contributed by atoms with Crippen molar-refractivity contribution < 1.29 is 27.5 Å². The van der Waals surface area contributed by atoms with E-state index in [1.807, 2.05) is 6.92 Å². The molecular formula is C21H18F3N5O3. The maximum atomic E-state index is 13.4. The molecule has 1 saturated heterocycles. The lowest BCUT2D eigenvalue weighted by molar-refractivity contribution is -0.274. The molecule has 3 heterocycles. The summed E-state index contributed by atoms with van der Waals surface area (Å²) in [7, 11) is 0. The van der Waals surface area contributed by atoms with Crippen LogP contribution in [-0.4, -0.2) is 47.7 Å². The van der Waals surface area contributed by atoms with E-state index in [2.05, 4.69) is 20.0 Å². The van der Waals surface area contributed by atoms with Gasteiger partial charge in [-0.05, 0) is 48.7 Å². The molecule has 2 aromatic rings. The zero-order chi connectivity index (χ0) is 22.7. The minimum Gasteiger partial charge on any atom is -0.406 e. The molecule has 32 heavy (non-hydrogen) atoms. The molecule has 3 amide bonds. The molecule has 1 aliphatic carbocycles. The third-order valence-electron chi connectivity index (χ3n) is 5.87. The van der Waals surface area contributed by atoms with Gasteiger partial charge in [0.2, 0.25) is 0 Å². The minimum absolute atomic E-state index is 0.0738. The first kappa shape index (κ1) is 20.3. The van der Waals surface area contributed by atoms with Crippen molar-refractivity contribution in [3.05, 3.63) is 48.3 Å². The lowest BCUT2D eigenvalue weighted by Gasteiger charge is -2.22. The Hall–Kier alpha value is -3.63. The molecule has 2 atom stereocenters. The number of halogens is 3. The molecule has 1 aromatic heterocycles. The first-order valence-electron chi connectivity index (χ1n) is 10.00. The Morgan fingerprint density at radius 1 is 1.16 bits per heavy atom. The molecule has 5 rings (SSSR count). The summed E-state index contributed by atoms with van der Waals surface area (Å²) in [4.78, 5) is 37.9. The number of rotatable bonds is 4. The number of carbonyl (C=O) groups is 2. The van der Waals surface area contributed by atoms with E-state index < -0.39 is 29.6 Å². The highest BCUT2D eigenvalue weighted by molar-refractivity contribution is 6.32. The van der Waals surface area contributed by atoms with Crippen LogP contribution >= 0.6 is 0 Å². The van der Waals surface area contributed by atoms with Crippen LogP contribution in [0.2, 0.25) is 0 Å². The van der Waals surface area contributed by atoms with Gasteiger partial charge in [0.05, 0.1) is 17.9 Å². The van der Waals surface area contributed by atoms with Gasteiger partial charge in [-0.2, -0.15) is 0 Å². The largest absolute Gasteiger partial charge is 0.573 e. The number of hydrogen-bond acceptors (Lipinski definition) is 6. The average Bonchev–Trinajstić information content (AvgIpc) is 3.10. The summed E-state index contributed by atoms with van der Waals surface area (Å²) in [6.45, 7) is 3.21. The van der Waals surface area contributed by atoms with Crippen LogP contribution in [0.15, 0.2) is 47.6 Å². The molecule has 3 aliphatic rings. The molecule has 8 nitrogen and oxygen atoms in total. The summed E-state index contributed by atoms with van der Waals surface area (Å²) >= 11 is 0. The number of amides is 3. The highest BCUT2D eigenvalue weighted by Crippen LogP contribution is 2.55. The van der Waals surface area contributed by atoms with Crippen molar-refractivity contribution in [1.29, 1.82) is 0 Å². The van der Waals surface area contributed by atoms with Gasteiger partial charge in [0.15, 0.2) is 0 Å². The summed E-state index contributed by atoms with van der Waals surface area (Å²) < 4.78 is 41.2. The molecule has 1 spiro atoms. The van der Waals surface area contributed by atoms with Gasteiger partial charge in [-0.3, -0.25) is 19.7 Å². The normalized spacial score (nSPS) is 24.8. The van der Waals surface area contributed by atoms with Crippen LogP contribution in [0.5, 0.6) is 5.75 Å². The quantitative estimate of drug-likeness (QED) is 0.731. The average molecular weight is 445 g/mol. The van der Waals surface area contributed by atoms with Crippen molar-refractivity contribution >= 4 is 29.1 Å². The molecule has 11 heteroatoms. The van der Waals surface area contributed by atoms with E-state index >= 15 is 0 Å². The molecule has 0 bridgehead atoms. The first-order valence-corrected chi connectivity index (χ1v) is 10.00. The summed E-state index contributed by atoms with van der Waals surface area (Å²) in [5.41, 5.74) is 0.220. The Kier molecular flexibility index (Phi) is 4.40. The molecule has 166 valence electrons. The number of amidine groups is 1. The fraction of sp³-hybridized carbons (Fsp3) is 0.333. The molecule has 0 radical (unpaired) electrons. The smallest absolute Gasteiger partial charge is 0.406 e. The van der Waals surface area contributed by atoms with Crippen LogP contribution in [-0.2, 0) is 4.79 Å². The van der Waals surface area contributed by atoms with E-state index in [1.165, 1.54) is 17.0 Å². The fourth-order valence-electron chi connectivity index (χ4n) is 4.29. The molecule has 2 fully saturated rings. The van der Waals surface area contributed by atoms with Crippen LogP contribution < -0.4 is 19.9 Å². The fourth-order valence-corrected chi connectivity index (χ4v) is 4.29. The lowest BCUT2D eigenvalue weighted by atomic mass is 10.1. The third-order valence-corrected chi connectivity index (χ3v) is 5.87. The third kappa shape index (κ3) is 3.15. The molecule has 1 aromatic carbocycles. The zero-order valence-corrected chi connectivity index (χ0v) is 16.9. The number of pyridine rings is 1. The van der Waals surface area contributed by atoms with Crippen molar-refractivity contribution in [2.24, 2.45) is 10.9 Å². The van der Waals surface area contributed by atoms with Gasteiger partial charge in [-0.15, -0.1) is 13.2 Å². The summed E-state index contributed by atoms with van der Waals surface area (Å²) in [6, 6.07) is 7.46. The molecule has 1 saturated carbocycles. The summed E-state index contributed by atoms with van der Waals surface area (Å²) in [6.07, 6.45) is -2.79. The van der Waals surface area contributed by atoms with Crippen molar-refractivity contribution in [3.63, 3.8) is 0 Å². The Balaban J connectivity index is 1.49. The van der Waals surface area contributed by atoms with Crippen molar-refractivity contribution in [3.8, 4) is 5.75 Å². The Bertz CT molecular complexity index is 1130. The number of urea groups is 1. The number of aromatic nitrogens is 1. The van der Waals surface area contributed by atoms with Gasteiger partial charge in [-0.1, -0.05) is 6.92 Å². The van der Waals surface area contributed by atoms with E-state index in [0.29, 0.717) is 36.7 Å². The maximum absolute atomic E-state index is 13.4. The highest BCUT2D eigenvalue weighted by atomic mass is 19.4. The number of imide groups is 1. The topological polar surface area (TPSA) is 87.1 Å². The molecule has 2 unspecified atom stereocenters. The molecule has 1 N–H and O–H groups in total. The monoisotopic (exact) mass is 445 g/mol. The van der Waals surface area contributed by atoms with Crippen LogP contribution in [0.1, 0.15) is 19.0 Å². The number of carbonyl (C=O) groups excluding carboxylic acids is 2. The number of anilines is 2. The summed E-state index contributed by atoms with van der Waals surface area (Å²) in [5, 5.41) is 3.13. The van der Waals surface area contributed by atoms with E-state index in [-0.39, 0.29) is 11.6 Å². The van der Waals surface area contributed by atoms with E-state index in [9.17, 15) is 22.8 Å².